The first-order valence-electron chi connectivity index (χ1n) is 10.2. The molecule has 1 N–H and O–H groups in total. The summed E-state index contributed by atoms with van der Waals surface area (Å²) < 4.78 is 0. The lowest BCUT2D eigenvalue weighted by atomic mass is 9.62. The van der Waals surface area contributed by atoms with Gasteiger partial charge in [0.05, 0.1) is 0 Å². The average molecular weight is 357 g/mol. The van der Waals surface area contributed by atoms with Gasteiger partial charge in [0.2, 0.25) is 5.91 Å². The highest BCUT2D eigenvalue weighted by Gasteiger charge is 2.54. The molecular formula is C22H32N2O2. The molecular weight excluding hydrogens is 324 g/mol. The summed E-state index contributed by atoms with van der Waals surface area (Å²) >= 11 is 0. The fourth-order valence-corrected chi connectivity index (χ4v) is 5.90. The summed E-state index contributed by atoms with van der Waals surface area (Å²) in [6.45, 7) is 9.39. The van der Waals surface area contributed by atoms with Crippen LogP contribution in [0, 0.1) is 17.3 Å². The van der Waals surface area contributed by atoms with Crippen molar-refractivity contribution < 1.29 is 9.59 Å². The lowest BCUT2D eigenvalue weighted by Gasteiger charge is -2.48. The van der Waals surface area contributed by atoms with Gasteiger partial charge in [0.15, 0.2) is 5.78 Å². The maximum absolute atomic E-state index is 13.0. The van der Waals surface area contributed by atoms with Crippen molar-refractivity contribution >= 4 is 11.7 Å². The number of hydrogen-bond acceptors (Lipinski definition) is 3. The largest absolute Gasteiger partial charge is 0.351 e. The quantitative estimate of drug-likeness (QED) is 0.774. The molecule has 0 saturated heterocycles. The van der Waals surface area contributed by atoms with Crippen LogP contribution < -0.4 is 5.32 Å². The molecule has 1 unspecified atom stereocenters. The molecule has 4 nitrogen and oxygen atoms in total. The number of amides is 1. The van der Waals surface area contributed by atoms with Gasteiger partial charge < -0.3 is 10.2 Å². The van der Waals surface area contributed by atoms with E-state index in [1.807, 2.05) is 6.08 Å². The number of nitrogens with zero attached hydrogens (tertiary/aromatic N) is 1. The van der Waals surface area contributed by atoms with Crippen LogP contribution in [-0.2, 0) is 9.59 Å². The van der Waals surface area contributed by atoms with Crippen molar-refractivity contribution in [2.45, 2.75) is 78.2 Å². The molecule has 1 fully saturated rings. The lowest BCUT2D eigenvalue weighted by Crippen LogP contribution is -2.49. The van der Waals surface area contributed by atoms with Crippen LogP contribution in [0.3, 0.4) is 0 Å². The predicted octanol–water partition coefficient (Wildman–Crippen LogP) is 3.93. The fraction of sp³-hybridized carbons (Fsp3) is 0.727. The molecule has 4 heteroatoms. The van der Waals surface area contributed by atoms with Gasteiger partial charge in [-0.05, 0) is 76.2 Å². The summed E-state index contributed by atoms with van der Waals surface area (Å²) in [5, 5.41) is 3.23. The average Bonchev–Trinajstić information content (AvgIpc) is 2.90. The molecule has 4 rings (SSSR count). The lowest BCUT2D eigenvalue weighted by molar-refractivity contribution is -0.130. The SMILES string of the molecule is CC(C)(C)NC(=O)[C@H]1CCC2C3=C(CC[C@@]21C)N1CCC(=O)C=C1CC3. The molecule has 2 heterocycles. The number of hydrogen-bond donors (Lipinski definition) is 1. The Morgan fingerprint density at radius 1 is 1.19 bits per heavy atom. The summed E-state index contributed by atoms with van der Waals surface area (Å²) in [4.78, 5) is 27.2. The molecule has 0 spiro atoms. The van der Waals surface area contributed by atoms with E-state index in [4.69, 9.17) is 0 Å². The second-order valence-electron chi connectivity index (χ2n) is 9.90. The van der Waals surface area contributed by atoms with Crippen LogP contribution in [0.5, 0.6) is 0 Å². The van der Waals surface area contributed by atoms with Crippen molar-refractivity contribution in [3.8, 4) is 0 Å². The van der Waals surface area contributed by atoms with Gasteiger partial charge in [-0.15, -0.1) is 0 Å². The van der Waals surface area contributed by atoms with Gasteiger partial charge in [0.1, 0.15) is 0 Å². The minimum atomic E-state index is -0.171. The van der Waals surface area contributed by atoms with E-state index in [0.29, 0.717) is 12.3 Å². The zero-order chi connectivity index (χ0) is 18.7. The van der Waals surface area contributed by atoms with Crippen LogP contribution in [0.2, 0.25) is 0 Å². The Morgan fingerprint density at radius 2 is 1.96 bits per heavy atom. The Bertz CT molecular complexity index is 712. The summed E-state index contributed by atoms with van der Waals surface area (Å²) in [6.07, 6.45) is 8.82. The number of ketones is 1. The molecule has 142 valence electrons. The molecule has 3 atom stereocenters. The first-order valence-corrected chi connectivity index (χ1v) is 10.2. The third-order valence-corrected chi connectivity index (χ3v) is 7.07. The number of allylic oxidation sites excluding steroid dienone is 4. The molecule has 0 bridgehead atoms. The van der Waals surface area contributed by atoms with Crippen molar-refractivity contribution in [1.29, 1.82) is 0 Å². The molecule has 4 aliphatic rings. The second-order valence-corrected chi connectivity index (χ2v) is 9.90. The molecule has 0 aromatic carbocycles. The van der Waals surface area contributed by atoms with E-state index < -0.39 is 0 Å². The van der Waals surface area contributed by atoms with Crippen molar-refractivity contribution in [3.63, 3.8) is 0 Å². The van der Waals surface area contributed by atoms with Gasteiger partial charge in [-0.3, -0.25) is 9.59 Å². The minimum absolute atomic E-state index is 0.0843. The summed E-state index contributed by atoms with van der Waals surface area (Å²) in [5.41, 5.74) is 4.21. The van der Waals surface area contributed by atoms with E-state index in [9.17, 15) is 9.59 Å². The zero-order valence-electron chi connectivity index (χ0n) is 16.7. The maximum atomic E-state index is 13.0. The third kappa shape index (κ3) is 2.82. The summed E-state index contributed by atoms with van der Waals surface area (Å²) in [7, 11) is 0. The smallest absolute Gasteiger partial charge is 0.224 e. The van der Waals surface area contributed by atoms with Gasteiger partial charge in [-0.1, -0.05) is 6.92 Å². The van der Waals surface area contributed by atoms with Crippen molar-refractivity contribution in [1.82, 2.24) is 10.2 Å². The zero-order valence-corrected chi connectivity index (χ0v) is 16.7. The number of carbonyl (C=O) groups is 2. The highest BCUT2D eigenvalue weighted by Crippen LogP contribution is 2.59. The summed E-state index contributed by atoms with van der Waals surface area (Å²) in [6, 6.07) is 0. The Hall–Kier alpha value is -1.58. The predicted molar refractivity (Wildman–Crippen MR) is 102 cm³/mol. The molecule has 2 aliphatic carbocycles. The fourth-order valence-electron chi connectivity index (χ4n) is 5.90. The number of fused-ring (bicyclic) bond motifs is 4. The van der Waals surface area contributed by atoms with E-state index >= 15 is 0 Å². The topological polar surface area (TPSA) is 49.4 Å². The number of nitrogens with one attached hydrogen (secondary N) is 1. The van der Waals surface area contributed by atoms with Crippen LogP contribution in [-0.4, -0.2) is 28.7 Å². The second kappa shape index (κ2) is 5.97. The van der Waals surface area contributed by atoms with E-state index in [1.165, 1.54) is 11.4 Å². The first-order chi connectivity index (χ1) is 12.2. The molecule has 1 amide bonds. The van der Waals surface area contributed by atoms with Crippen molar-refractivity contribution in [3.05, 3.63) is 23.0 Å². The van der Waals surface area contributed by atoms with E-state index in [-0.39, 0.29) is 28.6 Å². The van der Waals surface area contributed by atoms with Gasteiger partial charge >= 0.3 is 0 Å². The van der Waals surface area contributed by atoms with Gasteiger partial charge in [0.25, 0.3) is 0 Å². The van der Waals surface area contributed by atoms with Gasteiger partial charge in [-0.2, -0.15) is 0 Å². The summed E-state index contributed by atoms with van der Waals surface area (Å²) in [5.74, 6) is 1.18. The minimum Gasteiger partial charge on any atom is -0.351 e. The number of rotatable bonds is 1. The molecule has 0 radical (unpaired) electrons. The highest BCUT2D eigenvalue weighted by atomic mass is 16.2. The van der Waals surface area contributed by atoms with Crippen LogP contribution in [0.4, 0.5) is 0 Å². The normalized spacial score (nSPS) is 34.1. The Kier molecular flexibility index (Phi) is 4.09. The molecule has 2 aliphatic heterocycles. The third-order valence-electron chi connectivity index (χ3n) is 7.07. The van der Waals surface area contributed by atoms with E-state index in [1.54, 1.807) is 5.57 Å². The molecule has 1 saturated carbocycles. The highest BCUT2D eigenvalue weighted by molar-refractivity contribution is 5.91. The van der Waals surface area contributed by atoms with Crippen LogP contribution in [0.1, 0.15) is 72.6 Å². The Labute approximate surface area is 157 Å². The van der Waals surface area contributed by atoms with Crippen LogP contribution in [0.15, 0.2) is 23.0 Å². The van der Waals surface area contributed by atoms with Crippen molar-refractivity contribution in [2.24, 2.45) is 17.3 Å². The Morgan fingerprint density at radius 3 is 2.69 bits per heavy atom. The van der Waals surface area contributed by atoms with Crippen LogP contribution in [0.25, 0.3) is 0 Å². The Balaban J connectivity index is 1.61. The van der Waals surface area contributed by atoms with E-state index in [0.717, 1.165) is 45.1 Å². The monoisotopic (exact) mass is 356 g/mol. The first kappa shape index (κ1) is 17.8. The number of carbonyl (C=O) groups excluding carboxylic acids is 2. The van der Waals surface area contributed by atoms with Gasteiger partial charge in [-0.25, -0.2) is 0 Å². The molecule has 26 heavy (non-hydrogen) atoms. The molecule has 0 aromatic rings. The standard InChI is InChI=1S/C22H32N2O2/c1-21(2,3)23-20(26)18-8-7-17-16-6-5-14-13-15(25)10-12-24(14)19(16)9-11-22(17,18)4/h13,17-18H,5-12H2,1-4H3,(H,23,26)/t17?,18-,22+/m1/s1. The van der Waals surface area contributed by atoms with E-state index in [2.05, 4.69) is 37.9 Å². The van der Waals surface area contributed by atoms with Gasteiger partial charge in [0, 0.05) is 41.9 Å². The van der Waals surface area contributed by atoms with Crippen molar-refractivity contribution in [2.75, 3.05) is 6.54 Å². The maximum Gasteiger partial charge on any atom is 0.224 e. The molecule has 0 aromatic heterocycles. The van der Waals surface area contributed by atoms with Crippen LogP contribution >= 0.6 is 0 Å².